The first-order valence-electron chi connectivity index (χ1n) is 7.79. The minimum Gasteiger partial charge on any atom is -0.321 e. The Balaban J connectivity index is 1.97. The van der Waals surface area contributed by atoms with Crippen molar-refractivity contribution in [2.75, 3.05) is 5.75 Å². The summed E-state index contributed by atoms with van der Waals surface area (Å²) in [6.07, 6.45) is 0. The maximum absolute atomic E-state index is 12.4. The SMILES string of the molecule is Cc1nn(C(C)(C)C)c(C)c1C1SCC(=O)N1Cc1cccs1. The number of carbonyl (C=O) groups is 1. The van der Waals surface area contributed by atoms with Gasteiger partial charge in [-0.3, -0.25) is 9.48 Å². The molecule has 1 unspecified atom stereocenters. The van der Waals surface area contributed by atoms with Crippen LogP contribution in [-0.2, 0) is 16.9 Å². The first kappa shape index (κ1) is 16.6. The maximum Gasteiger partial charge on any atom is 0.234 e. The predicted octanol–water partition coefficient (Wildman–Crippen LogP) is 4.09. The van der Waals surface area contributed by atoms with E-state index in [0.29, 0.717) is 12.3 Å². The van der Waals surface area contributed by atoms with E-state index in [1.807, 2.05) is 11.0 Å². The van der Waals surface area contributed by atoms with E-state index < -0.39 is 0 Å². The minimum atomic E-state index is -0.0566. The molecular formula is C17H23N3OS2. The fraction of sp³-hybridized carbons (Fsp3) is 0.529. The van der Waals surface area contributed by atoms with Gasteiger partial charge < -0.3 is 4.90 Å². The number of rotatable bonds is 3. The molecule has 2 aromatic heterocycles. The van der Waals surface area contributed by atoms with Gasteiger partial charge in [-0.25, -0.2) is 0 Å². The van der Waals surface area contributed by atoms with Gasteiger partial charge in [-0.2, -0.15) is 5.10 Å². The number of carbonyl (C=O) groups excluding carboxylic acids is 1. The van der Waals surface area contributed by atoms with E-state index in [-0.39, 0.29) is 16.8 Å². The van der Waals surface area contributed by atoms with Gasteiger partial charge >= 0.3 is 0 Å². The Labute approximate surface area is 145 Å². The maximum atomic E-state index is 12.4. The van der Waals surface area contributed by atoms with Crippen molar-refractivity contribution in [2.24, 2.45) is 0 Å². The highest BCUT2D eigenvalue weighted by atomic mass is 32.2. The normalized spacial score (nSPS) is 18.9. The van der Waals surface area contributed by atoms with Crippen molar-refractivity contribution in [3.05, 3.63) is 39.3 Å². The molecule has 3 rings (SSSR count). The van der Waals surface area contributed by atoms with Crippen LogP contribution in [0, 0.1) is 13.8 Å². The average molecular weight is 350 g/mol. The van der Waals surface area contributed by atoms with E-state index in [4.69, 9.17) is 5.10 Å². The van der Waals surface area contributed by atoms with Gasteiger partial charge in [0.25, 0.3) is 0 Å². The predicted molar refractivity (Wildman–Crippen MR) is 96.8 cm³/mol. The number of aromatic nitrogens is 2. The highest BCUT2D eigenvalue weighted by Gasteiger charge is 2.37. The van der Waals surface area contributed by atoms with Gasteiger partial charge in [0.1, 0.15) is 5.37 Å². The van der Waals surface area contributed by atoms with E-state index in [9.17, 15) is 4.79 Å². The van der Waals surface area contributed by atoms with E-state index in [1.165, 1.54) is 16.1 Å². The number of nitrogens with zero attached hydrogens (tertiary/aromatic N) is 3. The van der Waals surface area contributed by atoms with Gasteiger partial charge in [0.15, 0.2) is 0 Å². The summed E-state index contributed by atoms with van der Waals surface area (Å²) in [7, 11) is 0. The van der Waals surface area contributed by atoms with Crippen molar-refractivity contribution in [1.82, 2.24) is 14.7 Å². The largest absolute Gasteiger partial charge is 0.321 e. The molecule has 4 nitrogen and oxygen atoms in total. The van der Waals surface area contributed by atoms with Crippen LogP contribution in [0.2, 0.25) is 0 Å². The highest BCUT2D eigenvalue weighted by molar-refractivity contribution is 8.00. The molecule has 1 fully saturated rings. The Morgan fingerprint density at radius 3 is 2.65 bits per heavy atom. The third-order valence-corrected chi connectivity index (χ3v) is 6.18. The molecule has 2 aromatic rings. The second kappa shape index (κ2) is 5.98. The molecule has 1 aliphatic heterocycles. The fourth-order valence-corrected chi connectivity index (χ4v) is 5.15. The Hall–Kier alpha value is -1.27. The third kappa shape index (κ3) is 3.06. The summed E-state index contributed by atoms with van der Waals surface area (Å²) in [4.78, 5) is 15.6. The standard InChI is InChI=1S/C17H23N3OS2/c1-11-15(12(2)20(18-11)17(3,4)5)16-19(14(21)10-23-16)9-13-7-6-8-22-13/h6-8,16H,9-10H2,1-5H3. The Morgan fingerprint density at radius 2 is 2.09 bits per heavy atom. The number of hydrogen-bond donors (Lipinski definition) is 0. The molecule has 3 heterocycles. The minimum absolute atomic E-state index is 0.0566. The smallest absolute Gasteiger partial charge is 0.234 e. The van der Waals surface area contributed by atoms with Crippen LogP contribution in [0.3, 0.4) is 0 Å². The number of amides is 1. The number of thioether (sulfide) groups is 1. The molecule has 23 heavy (non-hydrogen) atoms. The lowest BCUT2D eigenvalue weighted by molar-refractivity contribution is -0.128. The molecule has 1 saturated heterocycles. The first-order chi connectivity index (χ1) is 10.8. The van der Waals surface area contributed by atoms with E-state index in [1.54, 1.807) is 23.1 Å². The van der Waals surface area contributed by atoms with Crippen LogP contribution in [0.5, 0.6) is 0 Å². The summed E-state index contributed by atoms with van der Waals surface area (Å²) < 4.78 is 2.09. The van der Waals surface area contributed by atoms with Gasteiger partial charge in [0.05, 0.1) is 23.5 Å². The van der Waals surface area contributed by atoms with E-state index in [2.05, 4.69) is 50.7 Å². The lowest BCUT2D eigenvalue weighted by Gasteiger charge is -2.25. The van der Waals surface area contributed by atoms with E-state index in [0.717, 1.165) is 5.69 Å². The Bertz CT molecular complexity index is 713. The topological polar surface area (TPSA) is 38.1 Å². The average Bonchev–Trinajstić information content (AvgIpc) is 3.14. The lowest BCUT2D eigenvalue weighted by atomic mass is 10.1. The molecule has 0 aromatic carbocycles. The molecule has 1 amide bonds. The van der Waals surface area contributed by atoms with Crippen LogP contribution >= 0.6 is 23.1 Å². The summed E-state index contributed by atoms with van der Waals surface area (Å²) in [5.41, 5.74) is 3.34. The molecule has 0 saturated carbocycles. The molecule has 6 heteroatoms. The van der Waals surface area contributed by atoms with Crippen LogP contribution in [0.1, 0.15) is 48.0 Å². The zero-order valence-electron chi connectivity index (χ0n) is 14.3. The lowest BCUT2D eigenvalue weighted by Crippen LogP contribution is -2.28. The monoisotopic (exact) mass is 349 g/mol. The molecule has 1 aliphatic rings. The van der Waals surface area contributed by atoms with Crippen molar-refractivity contribution in [3.8, 4) is 0 Å². The zero-order chi connectivity index (χ0) is 16.8. The summed E-state index contributed by atoms with van der Waals surface area (Å²) >= 11 is 3.42. The Kier molecular flexibility index (Phi) is 4.31. The highest BCUT2D eigenvalue weighted by Crippen LogP contribution is 2.43. The van der Waals surface area contributed by atoms with Crippen molar-refractivity contribution in [2.45, 2.75) is 52.1 Å². The second-order valence-corrected chi connectivity index (χ2v) is 9.03. The fourth-order valence-electron chi connectivity index (χ4n) is 3.10. The van der Waals surface area contributed by atoms with Gasteiger partial charge in [-0.1, -0.05) is 6.07 Å². The molecule has 0 aliphatic carbocycles. The van der Waals surface area contributed by atoms with Crippen LogP contribution in [0.4, 0.5) is 0 Å². The molecular weight excluding hydrogens is 326 g/mol. The third-order valence-electron chi connectivity index (χ3n) is 4.10. The second-order valence-electron chi connectivity index (χ2n) is 6.93. The number of aryl methyl sites for hydroxylation is 1. The quantitative estimate of drug-likeness (QED) is 0.837. The Morgan fingerprint density at radius 1 is 1.35 bits per heavy atom. The summed E-state index contributed by atoms with van der Waals surface area (Å²) in [5.74, 6) is 0.769. The van der Waals surface area contributed by atoms with Crippen molar-refractivity contribution in [1.29, 1.82) is 0 Å². The van der Waals surface area contributed by atoms with Crippen LogP contribution < -0.4 is 0 Å². The molecule has 0 spiro atoms. The molecule has 0 radical (unpaired) electrons. The van der Waals surface area contributed by atoms with Crippen LogP contribution in [0.15, 0.2) is 17.5 Å². The molecule has 0 N–H and O–H groups in total. The van der Waals surface area contributed by atoms with Gasteiger partial charge in [0, 0.05) is 16.1 Å². The molecule has 0 bridgehead atoms. The van der Waals surface area contributed by atoms with Gasteiger partial charge in [0.2, 0.25) is 5.91 Å². The van der Waals surface area contributed by atoms with Crippen molar-refractivity contribution < 1.29 is 4.79 Å². The van der Waals surface area contributed by atoms with Crippen LogP contribution in [-0.4, -0.2) is 26.3 Å². The van der Waals surface area contributed by atoms with Gasteiger partial charge in [-0.15, -0.1) is 23.1 Å². The van der Waals surface area contributed by atoms with E-state index >= 15 is 0 Å². The number of hydrogen-bond acceptors (Lipinski definition) is 4. The summed E-state index contributed by atoms with van der Waals surface area (Å²) in [5, 5.41) is 6.88. The van der Waals surface area contributed by atoms with Crippen molar-refractivity contribution in [3.63, 3.8) is 0 Å². The molecule has 1 atom stereocenters. The zero-order valence-corrected chi connectivity index (χ0v) is 15.9. The van der Waals surface area contributed by atoms with Crippen molar-refractivity contribution >= 4 is 29.0 Å². The summed E-state index contributed by atoms with van der Waals surface area (Å²) in [6.45, 7) is 11.3. The van der Waals surface area contributed by atoms with Crippen LogP contribution in [0.25, 0.3) is 0 Å². The van der Waals surface area contributed by atoms with Gasteiger partial charge in [-0.05, 0) is 46.1 Å². The molecule has 124 valence electrons. The summed E-state index contributed by atoms with van der Waals surface area (Å²) in [6, 6.07) is 4.13. The first-order valence-corrected chi connectivity index (χ1v) is 9.72. The number of thiophene rings is 1.